The van der Waals surface area contributed by atoms with E-state index in [1.807, 2.05) is 55.5 Å². The summed E-state index contributed by atoms with van der Waals surface area (Å²) in [5.74, 6) is 1.18. The first-order valence-corrected chi connectivity index (χ1v) is 12.1. The summed E-state index contributed by atoms with van der Waals surface area (Å²) in [6.45, 7) is 4.07. The van der Waals surface area contributed by atoms with Gasteiger partial charge in [0.15, 0.2) is 11.5 Å². The summed E-state index contributed by atoms with van der Waals surface area (Å²) in [6.07, 6.45) is 3.90. The van der Waals surface area contributed by atoms with E-state index in [9.17, 15) is 4.79 Å². The van der Waals surface area contributed by atoms with Crippen molar-refractivity contribution in [1.82, 2.24) is 4.90 Å². The fourth-order valence-corrected chi connectivity index (χ4v) is 5.08. The Bertz CT molecular complexity index is 1040. The van der Waals surface area contributed by atoms with Gasteiger partial charge in [0.25, 0.3) is 5.91 Å². The predicted molar refractivity (Wildman–Crippen MR) is 132 cm³/mol. The minimum absolute atomic E-state index is 0.0670. The SMILES string of the molecule is CCOc1cc(/C=C2\SC(=S)N(C[C@@H]3CCCO3)C2=O)ccc1OCc1cccc(Cl)c1. The quantitative estimate of drug-likeness (QED) is 0.350. The van der Waals surface area contributed by atoms with Gasteiger partial charge in [-0.15, -0.1) is 0 Å². The van der Waals surface area contributed by atoms with Gasteiger partial charge in [-0.05, 0) is 61.2 Å². The van der Waals surface area contributed by atoms with E-state index in [1.54, 1.807) is 4.90 Å². The van der Waals surface area contributed by atoms with Crippen LogP contribution in [-0.2, 0) is 16.1 Å². The third-order valence-electron chi connectivity index (χ3n) is 5.13. The molecule has 0 aromatic heterocycles. The summed E-state index contributed by atoms with van der Waals surface area (Å²) in [7, 11) is 0. The molecule has 2 aromatic carbocycles. The first-order valence-electron chi connectivity index (χ1n) is 10.5. The highest BCUT2D eigenvalue weighted by Crippen LogP contribution is 2.35. The molecule has 0 unspecified atom stereocenters. The lowest BCUT2D eigenvalue weighted by Crippen LogP contribution is -2.35. The maximum absolute atomic E-state index is 12.9. The predicted octanol–water partition coefficient (Wildman–Crippen LogP) is 5.70. The Balaban J connectivity index is 1.48. The maximum Gasteiger partial charge on any atom is 0.266 e. The van der Waals surface area contributed by atoms with Crippen LogP contribution in [0, 0.1) is 0 Å². The average Bonchev–Trinajstić information content (AvgIpc) is 3.38. The van der Waals surface area contributed by atoms with E-state index in [1.165, 1.54) is 11.8 Å². The van der Waals surface area contributed by atoms with Crippen LogP contribution in [0.2, 0.25) is 5.02 Å². The molecule has 2 heterocycles. The van der Waals surface area contributed by atoms with Crippen LogP contribution in [0.3, 0.4) is 0 Å². The highest BCUT2D eigenvalue weighted by molar-refractivity contribution is 8.26. The highest BCUT2D eigenvalue weighted by Gasteiger charge is 2.34. The number of benzene rings is 2. The molecule has 0 bridgehead atoms. The number of amides is 1. The number of nitrogens with zero attached hydrogens (tertiary/aromatic N) is 1. The van der Waals surface area contributed by atoms with Crippen molar-refractivity contribution >= 4 is 51.9 Å². The van der Waals surface area contributed by atoms with E-state index in [0.717, 1.165) is 30.6 Å². The Morgan fingerprint density at radius 1 is 1.25 bits per heavy atom. The summed E-state index contributed by atoms with van der Waals surface area (Å²) in [5, 5.41) is 0.670. The molecule has 2 fully saturated rings. The molecule has 0 radical (unpaired) electrons. The molecule has 5 nitrogen and oxygen atoms in total. The molecule has 2 aromatic rings. The average molecular weight is 490 g/mol. The van der Waals surface area contributed by atoms with Crippen molar-refractivity contribution in [2.24, 2.45) is 0 Å². The number of carbonyl (C=O) groups excluding carboxylic acids is 1. The van der Waals surface area contributed by atoms with Crippen LogP contribution < -0.4 is 9.47 Å². The fourth-order valence-electron chi connectivity index (χ4n) is 3.59. The molecule has 2 saturated heterocycles. The van der Waals surface area contributed by atoms with Crippen molar-refractivity contribution in [3.8, 4) is 11.5 Å². The molecule has 0 saturated carbocycles. The summed E-state index contributed by atoms with van der Waals surface area (Å²) in [4.78, 5) is 15.1. The van der Waals surface area contributed by atoms with Gasteiger partial charge in [-0.25, -0.2) is 0 Å². The standard InChI is InChI=1S/C24H24ClNO4S2/c1-2-28-21-12-16(8-9-20(21)30-15-17-5-3-6-18(25)11-17)13-22-23(27)26(24(31)32-22)14-19-7-4-10-29-19/h3,5-6,8-9,11-13,19H,2,4,7,10,14-15H2,1H3/b22-13-/t19-/m0/s1. The van der Waals surface area contributed by atoms with E-state index in [4.69, 9.17) is 38.0 Å². The summed E-state index contributed by atoms with van der Waals surface area (Å²) in [6, 6.07) is 13.2. The minimum Gasteiger partial charge on any atom is -0.490 e. The van der Waals surface area contributed by atoms with Crippen molar-refractivity contribution in [2.75, 3.05) is 19.8 Å². The number of thioether (sulfide) groups is 1. The lowest BCUT2D eigenvalue weighted by atomic mass is 10.1. The number of ether oxygens (including phenoxy) is 3. The normalized spacial score (nSPS) is 19.8. The highest BCUT2D eigenvalue weighted by atomic mass is 35.5. The summed E-state index contributed by atoms with van der Waals surface area (Å²) < 4.78 is 18.0. The number of carbonyl (C=O) groups is 1. The molecule has 2 aliphatic rings. The number of hydrogen-bond donors (Lipinski definition) is 0. The molecular formula is C24H24ClNO4S2. The first kappa shape index (κ1) is 23.1. The van der Waals surface area contributed by atoms with Crippen LogP contribution >= 0.6 is 35.6 Å². The lowest BCUT2D eigenvalue weighted by molar-refractivity contribution is -0.123. The molecule has 2 aliphatic heterocycles. The van der Waals surface area contributed by atoms with Crippen LogP contribution in [0.4, 0.5) is 0 Å². The second-order valence-corrected chi connectivity index (χ2v) is 9.60. The van der Waals surface area contributed by atoms with E-state index >= 15 is 0 Å². The molecule has 0 spiro atoms. The van der Waals surface area contributed by atoms with Gasteiger partial charge in [-0.2, -0.15) is 0 Å². The Morgan fingerprint density at radius 3 is 2.88 bits per heavy atom. The van der Waals surface area contributed by atoms with Crippen LogP contribution in [-0.4, -0.2) is 41.0 Å². The largest absolute Gasteiger partial charge is 0.490 e. The summed E-state index contributed by atoms with van der Waals surface area (Å²) in [5.41, 5.74) is 1.82. The van der Waals surface area contributed by atoms with E-state index < -0.39 is 0 Å². The number of rotatable bonds is 8. The topological polar surface area (TPSA) is 48.0 Å². The fraction of sp³-hybridized carbons (Fsp3) is 0.333. The molecule has 1 atom stereocenters. The number of halogens is 1. The van der Waals surface area contributed by atoms with Crippen molar-refractivity contribution in [3.05, 3.63) is 63.5 Å². The Labute approximate surface area is 202 Å². The third-order valence-corrected chi connectivity index (χ3v) is 6.75. The number of thiocarbonyl (C=S) groups is 1. The van der Waals surface area contributed by atoms with E-state index in [-0.39, 0.29) is 12.0 Å². The van der Waals surface area contributed by atoms with Crippen LogP contribution in [0.15, 0.2) is 47.4 Å². The van der Waals surface area contributed by atoms with Crippen LogP contribution in [0.5, 0.6) is 11.5 Å². The molecule has 0 N–H and O–H groups in total. The van der Waals surface area contributed by atoms with Gasteiger partial charge in [-0.3, -0.25) is 9.69 Å². The monoisotopic (exact) mass is 489 g/mol. The van der Waals surface area contributed by atoms with Gasteiger partial charge >= 0.3 is 0 Å². The molecule has 168 valence electrons. The summed E-state index contributed by atoms with van der Waals surface area (Å²) >= 11 is 12.8. The van der Waals surface area contributed by atoms with E-state index in [0.29, 0.717) is 45.5 Å². The van der Waals surface area contributed by atoms with Gasteiger partial charge in [0.05, 0.1) is 24.2 Å². The van der Waals surface area contributed by atoms with Crippen molar-refractivity contribution in [3.63, 3.8) is 0 Å². The zero-order valence-electron chi connectivity index (χ0n) is 17.7. The van der Waals surface area contributed by atoms with Crippen LogP contribution in [0.25, 0.3) is 6.08 Å². The van der Waals surface area contributed by atoms with Crippen LogP contribution in [0.1, 0.15) is 30.9 Å². The van der Waals surface area contributed by atoms with Gasteiger partial charge in [-0.1, -0.05) is 53.8 Å². The minimum atomic E-state index is -0.0743. The number of hydrogen-bond acceptors (Lipinski definition) is 6. The van der Waals surface area contributed by atoms with E-state index in [2.05, 4.69) is 0 Å². The Morgan fingerprint density at radius 2 is 2.12 bits per heavy atom. The first-order chi connectivity index (χ1) is 15.5. The van der Waals surface area contributed by atoms with Gasteiger partial charge in [0, 0.05) is 11.6 Å². The maximum atomic E-state index is 12.9. The lowest BCUT2D eigenvalue weighted by Gasteiger charge is -2.18. The molecule has 8 heteroatoms. The van der Waals surface area contributed by atoms with Gasteiger partial charge < -0.3 is 14.2 Å². The van der Waals surface area contributed by atoms with Crippen molar-refractivity contribution in [2.45, 2.75) is 32.5 Å². The molecule has 4 rings (SSSR count). The van der Waals surface area contributed by atoms with Crippen molar-refractivity contribution < 1.29 is 19.0 Å². The second-order valence-electron chi connectivity index (χ2n) is 7.49. The molecular weight excluding hydrogens is 466 g/mol. The van der Waals surface area contributed by atoms with Gasteiger partial charge in [0.2, 0.25) is 0 Å². The Hall–Kier alpha value is -2.06. The zero-order valence-corrected chi connectivity index (χ0v) is 20.1. The third kappa shape index (κ3) is 5.64. The molecule has 32 heavy (non-hydrogen) atoms. The smallest absolute Gasteiger partial charge is 0.266 e. The van der Waals surface area contributed by atoms with Gasteiger partial charge in [0.1, 0.15) is 10.9 Å². The second kappa shape index (κ2) is 10.7. The molecule has 0 aliphatic carbocycles. The van der Waals surface area contributed by atoms with Crippen molar-refractivity contribution in [1.29, 1.82) is 0 Å². The zero-order chi connectivity index (χ0) is 22.5. The Kier molecular flexibility index (Phi) is 7.73. The molecule has 1 amide bonds.